The van der Waals surface area contributed by atoms with Gasteiger partial charge in [0.15, 0.2) is 0 Å². The topological polar surface area (TPSA) is 0 Å². The van der Waals surface area contributed by atoms with Crippen LogP contribution in [0.1, 0.15) is 52.4 Å². The zero-order valence-corrected chi connectivity index (χ0v) is 12.7. The van der Waals surface area contributed by atoms with Gasteiger partial charge in [-0.15, -0.1) is 4.55 Å². The van der Waals surface area contributed by atoms with Crippen LogP contribution in [0.3, 0.4) is 0 Å². The molecule has 0 fully saturated rings. The first-order chi connectivity index (χ1) is 6.33. The summed E-state index contributed by atoms with van der Waals surface area (Å²) in [5.74, 6) is 0. The molecular weight excluding hydrogens is 231 g/mol. The molecule has 0 spiro atoms. The molecule has 0 radical (unpaired) electrons. The molecule has 0 saturated heterocycles. The second-order valence-corrected chi connectivity index (χ2v) is 6.92. The van der Waals surface area contributed by atoms with Gasteiger partial charge >= 0.3 is 60.8 Å². The van der Waals surface area contributed by atoms with Crippen LogP contribution in [-0.4, -0.2) is 35.9 Å². The van der Waals surface area contributed by atoms with E-state index in [0.717, 1.165) is 0 Å². The summed E-state index contributed by atoms with van der Waals surface area (Å²) in [6.45, 7) is 4.47. The molecular formula is C10H22BrLiMg. The molecule has 0 atom stereocenters. The first-order valence-electron chi connectivity index (χ1n) is 5.89. The summed E-state index contributed by atoms with van der Waals surface area (Å²) in [4.78, 5) is 0. The van der Waals surface area contributed by atoms with Crippen molar-refractivity contribution in [1.29, 1.82) is 0 Å². The SMILES string of the molecule is CCCCC[CH2][Mg][Br].[Li][CH2]CCC. The molecule has 0 nitrogen and oxygen atoms in total. The van der Waals surface area contributed by atoms with Crippen molar-refractivity contribution in [2.45, 2.75) is 62.0 Å². The summed E-state index contributed by atoms with van der Waals surface area (Å²) in [6, 6.07) is 0. The monoisotopic (exact) mass is 252 g/mol. The Balaban J connectivity index is 0. The number of rotatable bonds is 7. The van der Waals surface area contributed by atoms with Crippen LogP contribution < -0.4 is 0 Å². The van der Waals surface area contributed by atoms with E-state index in [0.29, 0.717) is 0 Å². The van der Waals surface area contributed by atoms with Gasteiger partial charge in [0.2, 0.25) is 0 Å². The maximum absolute atomic E-state index is 3.54. The number of unbranched alkanes of at least 4 members (excludes halogenated alkanes) is 4. The van der Waals surface area contributed by atoms with Gasteiger partial charge < -0.3 is 12.9 Å². The van der Waals surface area contributed by atoms with Gasteiger partial charge in [0, 0.05) is 0 Å². The number of hydrogen-bond donors (Lipinski definition) is 0. The van der Waals surface area contributed by atoms with E-state index in [2.05, 4.69) is 44.4 Å². The van der Waals surface area contributed by atoms with Gasteiger partial charge in [0.05, 0.1) is 0 Å². The molecule has 0 unspecified atom stereocenters. The maximum atomic E-state index is 3.54. The van der Waals surface area contributed by atoms with Gasteiger partial charge in [-0.05, 0) is 0 Å². The molecule has 0 aromatic heterocycles. The van der Waals surface area contributed by atoms with Crippen LogP contribution in [-0.2, 0) is 0 Å². The molecule has 0 saturated carbocycles. The van der Waals surface area contributed by atoms with Crippen LogP contribution in [0.4, 0.5) is 0 Å². The Labute approximate surface area is 110 Å². The van der Waals surface area contributed by atoms with Crippen LogP contribution >= 0.6 is 12.9 Å². The summed E-state index contributed by atoms with van der Waals surface area (Å²) in [5, 5.41) is 1.34. The van der Waals surface area contributed by atoms with Gasteiger partial charge in [0.25, 0.3) is 0 Å². The van der Waals surface area contributed by atoms with Crippen LogP contribution in [0.2, 0.25) is 9.64 Å². The van der Waals surface area contributed by atoms with Crippen molar-refractivity contribution in [2.24, 2.45) is 0 Å². The summed E-state index contributed by atoms with van der Waals surface area (Å²) in [7, 11) is 0. The van der Waals surface area contributed by atoms with Crippen molar-refractivity contribution in [1.82, 2.24) is 0 Å². The standard InChI is InChI=1S/C6H13.C4H9.BrH.Li.Mg/c1-3-5-6-4-2;1-3-4-2;;;/h1,3-6H2,2H3;1,3-4H2,2H3;1H;;/q;;;;+1/p-1. The predicted octanol–water partition coefficient (Wildman–Crippen LogP) is 4.37. The van der Waals surface area contributed by atoms with E-state index < -0.39 is 0 Å². The second-order valence-electron chi connectivity index (χ2n) is 3.46. The Hall–Kier alpha value is 1.84. The first kappa shape index (κ1) is 17.2. The summed E-state index contributed by atoms with van der Waals surface area (Å²) in [5.41, 5.74) is 0. The van der Waals surface area contributed by atoms with Gasteiger partial charge in [-0.3, -0.25) is 0 Å². The quantitative estimate of drug-likeness (QED) is 0.467. The molecule has 0 aromatic carbocycles. The molecule has 0 rings (SSSR count). The molecule has 0 aliphatic heterocycles. The molecule has 3 heteroatoms. The number of halogens is 1. The van der Waals surface area contributed by atoms with Crippen molar-refractivity contribution in [2.75, 3.05) is 0 Å². The molecule has 0 N–H and O–H groups in total. The van der Waals surface area contributed by atoms with Gasteiger partial charge in [-0.2, -0.15) is 0 Å². The Morgan fingerprint density at radius 2 is 1.62 bits per heavy atom. The minimum absolute atomic E-state index is 0.199. The Morgan fingerprint density at radius 3 is 1.92 bits per heavy atom. The molecule has 0 amide bonds. The zero-order chi connectivity index (χ0) is 10.4. The summed E-state index contributed by atoms with van der Waals surface area (Å²) in [6.07, 6.45) is 8.45. The third kappa shape index (κ3) is 24.8. The minimum atomic E-state index is 0.199. The molecule has 0 heterocycles. The van der Waals surface area contributed by atoms with Crippen molar-refractivity contribution in [3.63, 3.8) is 0 Å². The molecule has 13 heavy (non-hydrogen) atoms. The molecule has 0 aliphatic carbocycles. The molecule has 0 aliphatic rings. The van der Waals surface area contributed by atoms with E-state index in [1.165, 1.54) is 48.2 Å². The third-order valence-electron chi connectivity index (χ3n) is 1.94. The van der Waals surface area contributed by atoms with Crippen molar-refractivity contribution < 1.29 is 0 Å². The summed E-state index contributed by atoms with van der Waals surface area (Å²) >= 11 is 5.95. The average Bonchev–Trinajstić information content (AvgIpc) is 2.15. The van der Waals surface area contributed by atoms with Crippen LogP contribution in [0.25, 0.3) is 0 Å². The zero-order valence-electron chi connectivity index (χ0n) is 9.74. The Morgan fingerprint density at radius 1 is 1.00 bits per heavy atom. The average molecular weight is 253 g/mol. The van der Waals surface area contributed by atoms with Crippen LogP contribution in [0, 0.1) is 0 Å². The van der Waals surface area contributed by atoms with Crippen LogP contribution in [0.15, 0.2) is 0 Å². The van der Waals surface area contributed by atoms with Gasteiger partial charge in [-0.1, -0.05) is 32.6 Å². The van der Waals surface area contributed by atoms with Crippen LogP contribution in [0.5, 0.6) is 0 Å². The molecule has 72 valence electrons. The Bertz CT molecular complexity index is 63.9. The predicted molar refractivity (Wildman–Crippen MR) is 69.1 cm³/mol. The first-order valence-corrected chi connectivity index (χ1v) is 10.8. The van der Waals surface area contributed by atoms with E-state index in [-0.39, 0.29) is 18.2 Å². The normalized spacial score (nSPS) is 8.69. The fourth-order valence-electron chi connectivity index (χ4n) is 1.05. The Kier molecular flexibility index (Phi) is 25.8. The van der Waals surface area contributed by atoms with E-state index >= 15 is 0 Å². The van der Waals surface area contributed by atoms with Crippen molar-refractivity contribution in [3.05, 3.63) is 0 Å². The third-order valence-corrected chi connectivity index (χ3v) is 4.39. The number of hydrogen-bond acceptors (Lipinski definition) is 0. The fraction of sp³-hybridized carbons (Fsp3) is 1.00. The van der Waals surface area contributed by atoms with E-state index in [9.17, 15) is 0 Å². The van der Waals surface area contributed by atoms with E-state index in [1.54, 1.807) is 0 Å². The summed E-state index contributed by atoms with van der Waals surface area (Å²) < 4.78 is 1.49. The molecule has 0 bridgehead atoms. The molecule has 0 aromatic rings. The van der Waals surface area contributed by atoms with E-state index in [4.69, 9.17) is 0 Å². The van der Waals surface area contributed by atoms with Gasteiger partial charge in [-0.25, -0.2) is 0 Å². The van der Waals surface area contributed by atoms with Crippen molar-refractivity contribution >= 4 is 48.8 Å². The van der Waals surface area contributed by atoms with E-state index in [1.807, 2.05) is 0 Å². The second kappa shape index (κ2) is 19.4. The van der Waals surface area contributed by atoms with Crippen molar-refractivity contribution in [3.8, 4) is 0 Å². The fourth-order valence-corrected chi connectivity index (χ4v) is 2.78. The van der Waals surface area contributed by atoms with Gasteiger partial charge in [0.1, 0.15) is 0 Å².